The first-order chi connectivity index (χ1) is 18.3. The van der Waals surface area contributed by atoms with Gasteiger partial charge in [0.15, 0.2) is 0 Å². The Kier molecular flexibility index (Phi) is 8.11. The molecule has 39 heavy (non-hydrogen) atoms. The summed E-state index contributed by atoms with van der Waals surface area (Å²) in [7, 11) is 0. The number of hydrogen-bond acceptors (Lipinski definition) is 5. The number of alkyl halides is 6. The Morgan fingerprint density at radius 3 is 2.18 bits per heavy atom. The molecule has 0 saturated carbocycles. The SMILES string of the molecule is C[C@@H](OC[C@@]1(c2ccccc2)CC[C@](CCO)(N2C=NCC2=O)CN1)c1cc(C(F)(F)F)cc(C(F)(F)F)c1. The van der Waals surface area contributed by atoms with Crippen LogP contribution in [-0.4, -0.2) is 54.1 Å². The molecule has 2 aliphatic heterocycles. The Balaban J connectivity index is 1.61. The fourth-order valence-electron chi connectivity index (χ4n) is 5.22. The first-order valence-corrected chi connectivity index (χ1v) is 12.4. The summed E-state index contributed by atoms with van der Waals surface area (Å²) in [6.45, 7) is 1.47. The van der Waals surface area contributed by atoms with Crippen molar-refractivity contribution in [3.63, 3.8) is 0 Å². The van der Waals surface area contributed by atoms with Crippen molar-refractivity contribution >= 4 is 12.2 Å². The van der Waals surface area contributed by atoms with E-state index in [2.05, 4.69) is 10.3 Å². The molecule has 0 unspecified atom stereocenters. The number of aliphatic imine (C=N–C) groups is 1. The molecular weight excluding hydrogens is 528 g/mol. The van der Waals surface area contributed by atoms with Gasteiger partial charge in [0.2, 0.25) is 5.91 Å². The number of aliphatic hydroxyl groups excluding tert-OH is 1. The van der Waals surface area contributed by atoms with Crippen LogP contribution in [0, 0.1) is 0 Å². The number of ether oxygens (including phenoxy) is 1. The van der Waals surface area contributed by atoms with Gasteiger partial charge in [-0.15, -0.1) is 0 Å². The smallest absolute Gasteiger partial charge is 0.396 e. The molecule has 1 amide bonds. The van der Waals surface area contributed by atoms with Crippen LogP contribution in [0.15, 0.2) is 53.5 Å². The Hall–Kier alpha value is -2.96. The zero-order chi connectivity index (χ0) is 28.5. The van der Waals surface area contributed by atoms with E-state index in [0.717, 1.165) is 5.56 Å². The molecule has 1 fully saturated rings. The summed E-state index contributed by atoms with van der Waals surface area (Å²) in [4.78, 5) is 18.0. The number of nitrogens with zero attached hydrogens (tertiary/aromatic N) is 2. The third-order valence-corrected chi connectivity index (χ3v) is 7.54. The van der Waals surface area contributed by atoms with E-state index in [1.54, 1.807) is 0 Å². The van der Waals surface area contributed by atoms with Crippen molar-refractivity contribution in [3.8, 4) is 0 Å². The highest BCUT2D eigenvalue weighted by Crippen LogP contribution is 2.41. The van der Waals surface area contributed by atoms with Crippen molar-refractivity contribution in [1.82, 2.24) is 10.2 Å². The van der Waals surface area contributed by atoms with Gasteiger partial charge < -0.3 is 15.2 Å². The molecule has 0 aliphatic carbocycles. The summed E-state index contributed by atoms with van der Waals surface area (Å²) < 4.78 is 86.2. The second kappa shape index (κ2) is 10.9. The van der Waals surface area contributed by atoms with Gasteiger partial charge in [0, 0.05) is 13.2 Å². The van der Waals surface area contributed by atoms with Gasteiger partial charge >= 0.3 is 12.4 Å². The molecule has 0 bridgehead atoms. The highest BCUT2D eigenvalue weighted by molar-refractivity contribution is 5.95. The molecule has 12 heteroatoms. The lowest BCUT2D eigenvalue weighted by Crippen LogP contribution is -2.64. The van der Waals surface area contributed by atoms with Crippen LogP contribution in [-0.2, 0) is 27.4 Å². The van der Waals surface area contributed by atoms with Gasteiger partial charge in [-0.25, -0.2) is 0 Å². The Morgan fingerprint density at radius 1 is 1.05 bits per heavy atom. The maximum Gasteiger partial charge on any atom is 0.416 e. The average molecular weight is 558 g/mol. The van der Waals surface area contributed by atoms with E-state index in [0.29, 0.717) is 31.4 Å². The molecule has 2 aliphatic rings. The number of rotatable bonds is 8. The standard InChI is InChI=1S/C27H29F6N3O3/c1-18(19-11-21(26(28,29)30)13-22(12-19)27(31,32)33)39-16-25(20-5-3-2-4-6-20)8-7-24(9-10-37,15-35-25)36-17-34-14-23(36)38/h2-6,11-13,17-18,35,37H,7-10,14-16H2,1H3/t18-,24-,25-/m1/s1. The van der Waals surface area contributed by atoms with Crippen molar-refractivity contribution in [1.29, 1.82) is 0 Å². The molecule has 2 heterocycles. The fraction of sp³-hybridized carbons (Fsp3) is 0.481. The van der Waals surface area contributed by atoms with Crippen LogP contribution in [0.25, 0.3) is 0 Å². The lowest BCUT2D eigenvalue weighted by Gasteiger charge is -2.50. The molecule has 2 aromatic carbocycles. The highest BCUT2D eigenvalue weighted by Gasteiger charge is 2.48. The lowest BCUT2D eigenvalue weighted by molar-refractivity contribution is -0.143. The van der Waals surface area contributed by atoms with Crippen LogP contribution in [0.4, 0.5) is 26.3 Å². The summed E-state index contributed by atoms with van der Waals surface area (Å²) in [5.41, 5.74) is -3.81. The normalized spacial score (nSPS) is 24.8. The van der Waals surface area contributed by atoms with Crippen molar-refractivity contribution in [2.75, 3.05) is 26.3 Å². The van der Waals surface area contributed by atoms with E-state index < -0.39 is 40.7 Å². The van der Waals surface area contributed by atoms with Crippen molar-refractivity contribution in [3.05, 3.63) is 70.8 Å². The van der Waals surface area contributed by atoms with Gasteiger partial charge in [-0.1, -0.05) is 30.3 Å². The van der Waals surface area contributed by atoms with Gasteiger partial charge in [0.05, 0.1) is 41.3 Å². The van der Waals surface area contributed by atoms with Gasteiger partial charge in [-0.05, 0) is 55.5 Å². The van der Waals surface area contributed by atoms with Crippen LogP contribution < -0.4 is 5.32 Å². The van der Waals surface area contributed by atoms with Crippen molar-refractivity contribution in [2.45, 2.75) is 55.7 Å². The predicted molar refractivity (Wildman–Crippen MR) is 131 cm³/mol. The molecule has 4 rings (SSSR count). The molecule has 0 radical (unpaired) electrons. The number of benzene rings is 2. The quantitative estimate of drug-likeness (QED) is 0.445. The molecule has 212 valence electrons. The van der Waals surface area contributed by atoms with E-state index in [9.17, 15) is 36.2 Å². The Labute approximate surface area is 221 Å². The zero-order valence-electron chi connectivity index (χ0n) is 21.1. The van der Waals surface area contributed by atoms with Gasteiger partial charge in [-0.3, -0.25) is 14.7 Å². The number of carbonyl (C=O) groups excluding carboxylic acids is 1. The van der Waals surface area contributed by atoms with E-state index in [1.165, 1.54) is 18.2 Å². The highest BCUT2D eigenvalue weighted by atomic mass is 19.4. The second-order valence-corrected chi connectivity index (χ2v) is 10.0. The summed E-state index contributed by atoms with van der Waals surface area (Å²) in [6.07, 6.45) is -8.38. The van der Waals surface area contributed by atoms with Crippen LogP contribution in [0.3, 0.4) is 0 Å². The molecule has 6 nitrogen and oxygen atoms in total. The van der Waals surface area contributed by atoms with E-state index in [1.807, 2.05) is 30.3 Å². The van der Waals surface area contributed by atoms with Crippen LogP contribution in [0.5, 0.6) is 0 Å². The van der Waals surface area contributed by atoms with Crippen LogP contribution in [0.2, 0.25) is 0 Å². The van der Waals surface area contributed by atoms with Gasteiger partial charge in [0.25, 0.3) is 0 Å². The van der Waals surface area contributed by atoms with Gasteiger partial charge in [0.1, 0.15) is 6.54 Å². The Bertz CT molecular complexity index is 1160. The molecular formula is C27H29F6N3O3. The minimum Gasteiger partial charge on any atom is -0.396 e. The van der Waals surface area contributed by atoms with Crippen LogP contribution in [0.1, 0.15) is 54.5 Å². The van der Waals surface area contributed by atoms with E-state index in [-0.39, 0.29) is 43.8 Å². The fourth-order valence-corrected chi connectivity index (χ4v) is 5.22. The maximum atomic E-state index is 13.4. The van der Waals surface area contributed by atoms with Crippen LogP contribution >= 0.6 is 0 Å². The first-order valence-electron chi connectivity index (χ1n) is 12.4. The lowest BCUT2D eigenvalue weighted by atomic mass is 9.74. The second-order valence-electron chi connectivity index (χ2n) is 10.0. The maximum absolute atomic E-state index is 13.4. The summed E-state index contributed by atoms with van der Waals surface area (Å²) in [5, 5.41) is 13.2. The summed E-state index contributed by atoms with van der Waals surface area (Å²) >= 11 is 0. The third kappa shape index (κ3) is 6.12. The van der Waals surface area contributed by atoms with Gasteiger partial charge in [-0.2, -0.15) is 26.3 Å². The predicted octanol–water partition coefficient (Wildman–Crippen LogP) is 5.07. The summed E-state index contributed by atoms with van der Waals surface area (Å²) in [6, 6.07) is 10.6. The zero-order valence-corrected chi connectivity index (χ0v) is 21.1. The van der Waals surface area contributed by atoms with Crippen molar-refractivity contribution < 1.29 is 41.0 Å². The number of halogens is 6. The monoisotopic (exact) mass is 557 g/mol. The number of aliphatic hydroxyl groups is 1. The molecule has 3 atom stereocenters. The largest absolute Gasteiger partial charge is 0.416 e. The molecule has 0 aromatic heterocycles. The summed E-state index contributed by atoms with van der Waals surface area (Å²) in [5.74, 6) is -0.188. The molecule has 2 aromatic rings. The minimum atomic E-state index is -4.96. The molecule has 1 saturated heterocycles. The number of piperidine rings is 1. The number of carbonyl (C=O) groups is 1. The number of nitrogens with one attached hydrogen (secondary N) is 1. The van der Waals surface area contributed by atoms with Crippen molar-refractivity contribution in [2.24, 2.45) is 4.99 Å². The minimum absolute atomic E-state index is 0.0224. The Morgan fingerprint density at radius 2 is 1.69 bits per heavy atom. The molecule has 2 N–H and O–H groups in total. The van der Waals surface area contributed by atoms with E-state index in [4.69, 9.17) is 4.74 Å². The van der Waals surface area contributed by atoms with E-state index >= 15 is 0 Å². The first kappa shape index (κ1) is 29.0. The molecule has 0 spiro atoms. The number of hydrogen-bond donors (Lipinski definition) is 2. The topological polar surface area (TPSA) is 74.2 Å². The average Bonchev–Trinajstić information content (AvgIpc) is 3.34. The third-order valence-electron chi connectivity index (χ3n) is 7.54. The number of amides is 1.